The van der Waals surface area contributed by atoms with E-state index < -0.39 is 0 Å². The predicted octanol–water partition coefficient (Wildman–Crippen LogP) is 2.84. The number of benzene rings is 1. The van der Waals surface area contributed by atoms with Gasteiger partial charge in [0.2, 0.25) is 0 Å². The lowest BCUT2D eigenvalue weighted by Crippen LogP contribution is -2.41. The molecule has 2 N–H and O–H groups in total. The van der Waals surface area contributed by atoms with E-state index in [9.17, 15) is 0 Å². The molecule has 2 rings (SSSR count). The highest BCUT2D eigenvalue weighted by Crippen LogP contribution is 2.44. The van der Waals surface area contributed by atoms with Crippen LogP contribution in [-0.4, -0.2) is 53.0 Å². The maximum absolute atomic E-state index is 5.75. The summed E-state index contributed by atoms with van der Waals surface area (Å²) in [6.07, 6.45) is 4.89. The molecule has 0 bridgehead atoms. The fourth-order valence-corrected chi connectivity index (χ4v) is 3.08. The second kappa shape index (κ2) is 10.9. The van der Waals surface area contributed by atoms with Crippen LogP contribution in [0, 0.1) is 5.41 Å². The number of rotatable bonds is 11. The van der Waals surface area contributed by atoms with Crippen LogP contribution in [0.15, 0.2) is 29.3 Å². The zero-order chi connectivity index (χ0) is 18.7. The van der Waals surface area contributed by atoms with E-state index in [1.807, 2.05) is 24.3 Å². The minimum Gasteiger partial charge on any atom is -0.497 e. The molecule has 26 heavy (non-hydrogen) atoms. The van der Waals surface area contributed by atoms with Gasteiger partial charge in [0.15, 0.2) is 5.96 Å². The standard InChI is InChI=1S/C20H33N3O3/c1-4-21-19(23-16-20(10-5-11-20)12-14-24-2)22-13-15-26-18-8-6-17(25-3)7-9-18/h6-9H,4-5,10-16H2,1-3H3,(H2,21,22,23). The van der Waals surface area contributed by atoms with Crippen molar-refractivity contribution in [2.45, 2.75) is 32.6 Å². The quantitative estimate of drug-likeness (QED) is 0.360. The zero-order valence-electron chi connectivity index (χ0n) is 16.3. The van der Waals surface area contributed by atoms with Crippen molar-refractivity contribution in [2.75, 3.05) is 47.1 Å². The van der Waals surface area contributed by atoms with Crippen LogP contribution in [0.2, 0.25) is 0 Å². The van der Waals surface area contributed by atoms with Gasteiger partial charge in [-0.2, -0.15) is 0 Å². The Morgan fingerprint density at radius 1 is 1.08 bits per heavy atom. The third-order valence-electron chi connectivity index (χ3n) is 4.89. The van der Waals surface area contributed by atoms with E-state index in [-0.39, 0.29) is 0 Å². The number of aliphatic imine (C=N–C) groups is 1. The summed E-state index contributed by atoms with van der Waals surface area (Å²) in [5.74, 6) is 2.52. The Bertz CT molecular complexity index is 542. The minimum absolute atomic E-state index is 0.331. The molecule has 0 heterocycles. The van der Waals surface area contributed by atoms with Gasteiger partial charge < -0.3 is 24.8 Å². The molecule has 0 atom stereocenters. The van der Waals surface area contributed by atoms with Gasteiger partial charge in [-0.05, 0) is 55.9 Å². The number of ether oxygens (including phenoxy) is 3. The topological polar surface area (TPSA) is 64.1 Å². The van der Waals surface area contributed by atoms with Gasteiger partial charge in [0.25, 0.3) is 0 Å². The fourth-order valence-electron chi connectivity index (χ4n) is 3.08. The van der Waals surface area contributed by atoms with Gasteiger partial charge in [0.05, 0.1) is 13.7 Å². The summed E-state index contributed by atoms with van der Waals surface area (Å²) >= 11 is 0. The molecule has 0 spiro atoms. The summed E-state index contributed by atoms with van der Waals surface area (Å²) in [7, 11) is 3.43. The van der Waals surface area contributed by atoms with E-state index in [0.717, 1.165) is 43.6 Å². The number of hydrogen-bond acceptors (Lipinski definition) is 4. The number of nitrogens with zero attached hydrogens (tertiary/aromatic N) is 1. The highest BCUT2D eigenvalue weighted by Gasteiger charge is 2.36. The van der Waals surface area contributed by atoms with Crippen molar-refractivity contribution < 1.29 is 14.2 Å². The third-order valence-corrected chi connectivity index (χ3v) is 4.89. The Balaban J connectivity index is 1.75. The first kappa shape index (κ1) is 20.4. The van der Waals surface area contributed by atoms with Crippen LogP contribution in [0.3, 0.4) is 0 Å². The van der Waals surface area contributed by atoms with Crippen molar-refractivity contribution >= 4 is 5.96 Å². The highest BCUT2D eigenvalue weighted by atomic mass is 16.5. The van der Waals surface area contributed by atoms with Crippen molar-refractivity contribution in [2.24, 2.45) is 10.4 Å². The van der Waals surface area contributed by atoms with Crippen LogP contribution >= 0.6 is 0 Å². The van der Waals surface area contributed by atoms with Gasteiger partial charge in [-0.1, -0.05) is 6.42 Å². The molecule has 146 valence electrons. The van der Waals surface area contributed by atoms with E-state index in [2.05, 4.69) is 17.6 Å². The Morgan fingerprint density at radius 2 is 1.81 bits per heavy atom. The van der Waals surface area contributed by atoms with Gasteiger partial charge in [-0.3, -0.25) is 4.99 Å². The second-order valence-electron chi connectivity index (χ2n) is 6.74. The Morgan fingerprint density at radius 3 is 2.38 bits per heavy atom. The van der Waals surface area contributed by atoms with Crippen molar-refractivity contribution in [3.63, 3.8) is 0 Å². The molecule has 1 aliphatic carbocycles. The lowest BCUT2D eigenvalue weighted by atomic mass is 9.67. The van der Waals surface area contributed by atoms with E-state index in [1.54, 1.807) is 14.2 Å². The number of methoxy groups -OCH3 is 2. The van der Waals surface area contributed by atoms with E-state index >= 15 is 0 Å². The van der Waals surface area contributed by atoms with Crippen LogP contribution in [0.25, 0.3) is 0 Å². The summed E-state index contributed by atoms with van der Waals surface area (Å²) in [6, 6.07) is 7.61. The molecule has 1 fully saturated rings. The third kappa shape index (κ3) is 6.41. The molecule has 1 saturated carbocycles. The largest absolute Gasteiger partial charge is 0.497 e. The van der Waals surface area contributed by atoms with E-state index in [0.29, 0.717) is 18.6 Å². The van der Waals surface area contributed by atoms with Gasteiger partial charge in [-0.15, -0.1) is 0 Å². The zero-order valence-corrected chi connectivity index (χ0v) is 16.3. The Labute approximate surface area is 157 Å². The van der Waals surface area contributed by atoms with Crippen LogP contribution in [0.1, 0.15) is 32.6 Å². The molecule has 0 unspecified atom stereocenters. The van der Waals surface area contributed by atoms with Crippen molar-refractivity contribution in [1.82, 2.24) is 10.6 Å². The monoisotopic (exact) mass is 363 g/mol. The van der Waals surface area contributed by atoms with Crippen LogP contribution in [-0.2, 0) is 4.74 Å². The van der Waals surface area contributed by atoms with Crippen LogP contribution < -0.4 is 20.1 Å². The van der Waals surface area contributed by atoms with Gasteiger partial charge in [0.1, 0.15) is 18.1 Å². The summed E-state index contributed by atoms with van der Waals surface area (Å²) < 4.78 is 16.2. The number of nitrogens with one attached hydrogen (secondary N) is 2. The Kier molecular flexibility index (Phi) is 8.54. The van der Waals surface area contributed by atoms with Crippen LogP contribution in [0.4, 0.5) is 0 Å². The maximum atomic E-state index is 5.75. The molecule has 0 amide bonds. The summed E-state index contributed by atoms with van der Waals surface area (Å²) in [5, 5.41) is 6.66. The summed E-state index contributed by atoms with van der Waals surface area (Å²) in [5.41, 5.74) is 0.331. The molecular formula is C20H33N3O3. The SMILES string of the molecule is CCNC(=NCC1(CCOC)CCC1)NCCOc1ccc(OC)cc1. The van der Waals surface area contributed by atoms with Crippen LogP contribution in [0.5, 0.6) is 11.5 Å². The smallest absolute Gasteiger partial charge is 0.191 e. The molecule has 1 aliphatic rings. The average Bonchev–Trinajstić information content (AvgIpc) is 2.64. The number of guanidine groups is 1. The first-order chi connectivity index (χ1) is 12.7. The van der Waals surface area contributed by atoms with Gasteiger partial charge in [-0.25, -0.2) is 0 Å². The molecule has 0 radical (unpaired) electrons. The van der Waals surface area contributed by atoms with Crippen molar-refractivity contribution in [3.05, 3.63) is 24.3 Å². The van der Waals surface area contributed by atoms with Crippen molar-refractivity contribution in [3.8, 4) is 11.5 Å². The molecule has 6 heteroatoms. The Hall–Kier alpha value is -1.95. The lowest BCUT2D eigenvalue weighted by molar-refractivity contribution is 0.0778. The first-order valence-corrected chi connectivity index (χ1v) is 9.49. The molecule has 0 aliphatic heterocycles. The summed E-state index contributed by atoms with van der Waals surface area (Å²) in [6.45, 7) is 5.86. The average molecular weight is 364 g/mol. The molecule has 6 nitrogen and oxygen atoms in total. The number of hydrogen-bond donors (Lipinski definition) is 2. The minimum atomic E-state index is 0.331. The summed E-state index contributed by atoms with van der Waals surface area (Å²) in [4.78, 5) is 4.79. The van der Waals surface area contributed by atoms with Gasteiger partial charge >= 0.3 is 0 Å². The molecular weight excluding hydrogens is 330 g/mol. The van der Waals surface area contributed by atoms with E-state index in [1.165, 1.54) is 19.3 Å². The first-order valence-electron chi connectivity index (χ1n) is 9.49. The van der Waals surface area contributed by atoms with Crippen molar-refractivity contribution in [1.29, 1.82) is 0 Å². The molecule has 0 saturated heterocycles. The lowest BCUT2D eigenvalue weighted by Gasteiger charge is -2.40. The highest BCUT2D eigenvalue weighted by molar-refractivity contribution is 5.79. The predicted molar refractivity (Wildman–Crippen MR) is 105 cm³/mol. The van der Waals surface area contributed by atoms with E-state index in [4.69, 9.17) is 19.2 Å². The van der Waals surface area contributed by atoms with Gasteiger partial charge in [0, 0.05) is 26.8 Å². The maximum Gasteiger partial charge on any atom is 0.191 e. The normalized spacial score (nSPS) is 15.9. The molecule has 1 aromatic carbocycles. The fraction of sp³-hybridized carbons (Fsp3) is 0.650. The molecule has 1 aromatic rings. The second-order valence-corrected chi connectivity index (χ2v) is 6.74. The molecule has 0 aromatic heterocycles.